The number of hydrogen-bond donors (Lipinski definition) is 4. The van der Waals surface area contributed by atoms with Crippen LogP contribution in [0.1, 0.15) is 33.4 Å². The number of halogens is 2. The molecular formula is C38H34Cd2Cl2N12O10. The Bertz CT molecular complexity index is 2050. The SMILES string of the molecule is Cc1cc(/C=N/Nc2ccccn2)c([O-])c(/C=N/Nc2ccccn2)c1.Cc1cc(/C=N/Nc2ccccn2)c([O-])c(/C=N/Nc2ccccn2)c1.[Cd+2].[Cd+2].[O-][Cl+3]([O-])([O-])[O-].[O-][Cl+3]([O-])([O-])[O-]. The van der Waals surface area contributed by atoms with E-state index >= 15 is 0 Å². The van der Waals surface area contributed by atoms with Crippen LogP contribution >= 0.6 is 0 Å². The van der Waals surface area contributed by atoms with Gasteiger partial charge >= 0.3 is 54.6 Å². The molecule has 4 aromatic heterocycles. The first-order valence-corrected chi connectivity index (χ1v) is 19.6. The first-order chi connectivity index (χ1) is 29.4. The number of anilines is 4. The number of rotatable bonds is 12. The zero-order chi connectivity index (χ0) is 45.4. The van der Waals surface area contributed by atoms with Gasteiger partial charge in [0.1, 0.15) is 23.3 Å². The van der Waals surface area contributed by atoms with Crippen LogP contribution in [0.4, 0.5) is 23.3 Å². The number of hydrogen-bond acceptors (Lipinski definition) is 22. The molecule has 0 unspecified atom stereocenters. The molecule has 0 fully saturated rings. The van der Waals surface area contributed by atoms with Crippen LogP contribution in [0, 0.1) is 34.3 Å². The smallest absolute Gasteiger partial charge is 0.872 e. The quantitative estimate of drug-likeness (QED) is 0.0515. The zero-order valence-electron chi connectivity index (χ0n) is 33.7. The molecule has 6 rings (SSSR count). The van der Waals surface area contributed by atoms with Gasteiger partial charge in [0, 0.05) is 24.8 Å². The van der Waals surface area contributed by atoms with E-state index in [1.807, 2.05) is 62.4 Å². The minimum absolute atomic E-state index is 0. The minimum Gasteiger partial charge on any atom is -0.872 e. The van der Waals surface area contributed by atoms with Gasteiger partial charge in [-0.15, -0.1) is 20.5 Å². The van der Waals surface area contributed by atoms with Gasteiger partial charge in [0.15, 0.2) is 0 Å². The number of nitrogens with one attached hydrogen (secondary N) is 4. The van der Waals surface area contributed by atoms with Crippen LogP contribution in [0.15, 0.2) is 142 Å². The van der Waals surface area contributed by atoms with Crippen molar-refractivity contribution in [3.8, 4) is 11.5 Å². The molecule has 0 atom stereocenters. The molecule has 0 aliphatic rings. The van der Waals surface area contributed by atoms with Crippen LogP contribution in [0.25, 0.3) is 0 Å². The summed E-state index contributed by atoms with van der Waals surface area (Å²) in [6.45, 7) is 3.82. The van der Waals surface area contributed by atoms with E-state index in [1.54, 1.807) is 73.3 Å². The maximum atomic E-state index is 12.5. The van der Waals surface area contributed by atoms with E-state index in [4.69, 9.17) is 37.3 Å². The van der Waals surface area contributed by atoms with Gasteiger partial charge < -0.3 is 10.2 Å². The molecule has 0 aliphatic carbocycles. The van der Waals surface area contributed by atoms with Crippen LogP contribution in [0.5, 0.6) is 11.5 Å². The topological polar surface area (TPSA) is 380 Å². The second-order valence-corrected chi connectivity index (χ2v) is 13.2. The third-order valence-electron chi connectivity index (χ3n) is 6.77. The number of aryl methyl sites for hydroxylation is 2. The van der Waals surface area contributed by atoms with Crippen LogP contribution in [-0.4, -0.2) is 44.8 Å². The Hall–Kier alpha value is -5.38. The van der Waals surface area contributed by atoms with Crippen LogP contribution in [-0.2, 0) is 54.6 Å². The van der Waals surface area contributed by atoms with Gasteiger partial charge in [0.2, 0.25) is 0 Å². The number of benzene rings is 2. The summed E-state index contributed by atoms with van der Waals surface area (Å²) in [5, 5.41) is 41.4. The van der Waals surface area contributed by atoms with Gasteiger partial charge in [-0.1, -0.05) is 60.0 Å². The molecular weight excluding hydrogens is 1080 g/mol. The molecule has 6 aromatic rings. The Balaban J connectivity index is 0.000000515. The Morgan fingerprint density at radius 2 is 0.609 bits per heavy atom. The summed E-state index contributed by atoms with van der Waals surface area (Å²) in [4.78, 5) is 16.4. The summed E-state index contributed by atoms with van der Waals surface area (Å²) in [5.74, 6) is 2.09. The molecule has 0 saturated carbocycles. The monoisotopic (exact) mass is 1120 g/mol. The van der Waals surface area contributed by atoms with Crippen molar-refractivity contribution in [3.63, 3.8) is 0 Å². The van der Waals surface area contributed by atoms with Crippen molar-refractivity contribution in [3.05, 3.63) is 155 Å². The summed E-state index contributed by atoms with van der Waals surface area (Å²) < 4.78 is 67.9. The number of pyridine rings is 4. The van der Waals surface area contributed by atoms with Crippen LogP contribution in [0.2, 0.25) is 0 Å². The third-order valence-corrected chi connectivity index (χ3v) is 6.77. The van der Waals surface area contributed by atoms with E-state index in [-0.39, 0.29) is 66.1 Å². The molecule has 4 heterocycles. The summed E-state index contributed by atoms with van der Waals surface area (Å²) in [6.07, 6.45) is 12.6. The van der Waals surface area contributed by atoms with Crippen LogP contribution in [0.3, 0.4) is 0 Å². The summed E-state index contributed by atoms with van der Waals surface area (Å²) >= 11 is 0. The zero-order valence-corrected chi connectivity index (χ0v) is 43.3. The van der Waals surface area contributed by atoms with E-state index in [0.717, 1.165) is 11.1 Å². The molecule has 0 bridgehead atoms. The average molecular weight is 1110 g/mol. The maximum absolute atomic E-state index is 12.5. The number of nitrogens with zero attached hydrogens (tertiary/aromatic N) is 8. The molecule has 2 aromatic carbocycles. The second kappa shape index (κ2) is 29.9. The van der Waals surface area contributed by atoms with Gasteiger partial charge in [-0.05, 0) is 95.8 Å². The summed E-state index contributed by atoms with van der Waals surface area (Å²) in [6, 6.07) is 28.9. The van der Waals surface area contributed by atoms with Crippen molar-refractivity contribution >= 4 is 48.1 Å². The van der Waals surface area contributed by atoms with Crippen molar-refractivity contribution in [1.29, 1.82) is 0 Å². The summed E-state index contributed by atoms with van der Waals surface area (Å²) in [5.41, 5.74) is 14.9. The minimum atomic E-state index is -4.94. The largest absolute Gasteiger partial charge is 2.00 e. The fourth-order valence-corrected chi connectivity index (χ4v) is 4.43. The summed E-state index contributed by atoms with van der Waals surface area (Å²) in [7, 11) is -9.89. The van der Waals surface area contributed by atoms with E-state index in [2.05, 4.69) is 62.0 Å². The van der Waals surface area contributed by atoms with Crippen LogP contribution < -0.4 is 69.2 Å². The van der Waals surface area contributed by atoms with Gasteiger partial charge in [-0.25, -0.2) is 57.2 Å². The van der Waals surface area contributed by atoms with Crippen molar-refractivity contribution < 1.29 is 123 Å². The average Bonchev–Trinajstić information content (AvgIpc) is 3.22. The molecule has 0 spiro atoms. The molecule has 22 nitrogen and oxygen atoms in total. The van der Waals surface area contributed by atoms with Crippen molar-refractivity contribution in [2.24, 2.45) is 20.4 Å². The first kappa shape index (κ1) is 56.6. The van der Waals surface area contributed by atoms with Gasteiger partial charge in [0.05, 0.1) is 24.9 Å². The van der Waals surface area contributed by atoms with Crippen molar-refractivity contribution in [2.45, 2.75) is 13.8 Å². The molecule has 0 saturated heterocycles. The second-order valence-electron chi connectivity index (χ2n) is 11.6. The fourth-order valence-electron chi connectivity index (χ4n) is 4.43. The Labute approximate surface area is 410 Å². The molecule has 0 radical (unpaired) electrons. The molecule has 0 aliphatic heterocycles. The van der Waals surface area contributed by atoms with E-state index < -0.39 is 20.5 Å². The van der Waals surface area contributed by atoms with E-state index in [9.17, 15) is 10.2 Å². The van der Waals surface area contributed by atoms with E-state index in [1.165, 1.54) is 24.9 Å². The first-order valence-electron chi connectivity index (χ1n) is 17.1. The Morgan fingerprint density at radius 1 is 0.406 bits per heavy atom. The van der Waals surface area contributed by atoms with Crippen molar-refractivity contribution in [2.75, 3.05) is 21.7 Å². The Morgan fingerprint density at radius 3 is 0.781 bits per heavy atom. The maximum Gasteiger partial charge on any atom is 2.00 e. The molecule has 4 N–H and O–H groups in total. The van der Waals surface area contributed by atoms with Gasteiger partial charge in [-0.3, -0.25) is 21.7 Å². The molecule has 324 valence electrons. The fraction of sp³-hybridized carbons (Fsp3) is 0.0526. The molecule has 64 heavy (non-hydrogen) atoms. The number of hydrazone groups is 4. The Kier molecular flexibility index (Phi) is 26.5. The molecule has 0 amide bonds. The molecule has 26 heteroatoms. The standard InChI is InChI=1S/2C19H18N6O.2Cd.2ClHO4/c2*1-14-10-15(12-22-24-17-6-2-4-8-20-17)19(26)16(11-14)13-23-25-18-7-3-5-9-21-18;;;2*2-1(3,4)5/h2*2-13,26H,1H3,(H,20,24)(H,21,25);;;2*(H,2,3,4,5)/q;;2*+2;;/p-4/b2*22-12+,23-13+;;;;. The third kappa shape index (κ3) is 25.7. The van der Waals surface area contributed by atoms with E-state index in [0.29, 0.717) is 45.5 Å². The van der Waals surface area contributed by atoms with Gasteiger partial charge in [0.25, 0.3) is 0 Å². The van der Waals surface area contributed by atoms with Gasteiger partial charge in [-0.2, -0.15) is 20.4 Å². The number of aromatic nitrogens is 4. The predicted molar refractivity (Wildman–Crippen MR) is 203 cm³/mol. The van der Waals surface area contributed by atoms with Crippen molar-refractivity contribution in [1.82, 2.24) is 19.9 Å². The predicted octanol–water partition coefficient (Wildman–Crippen LogP) is -4.02. The normalized spacial score (nSPS) is 10.9.